The molecule has 0 bridgehead atoms. The van der Waals surface area contributed by atoms with Crippen molar-refractivity contribution in [1.29, 1.82) is 0 Å². The van der Waals surface area contributed by atoms with E-state index in [2.05, 4.69) is 12.2 Å². The Labute approximate surface area is 56.8 Å². The first-order valence-corrected chi connectivity index (χ1v) is 3.71. The number of nitrogens with two attached hydrogens (primary N) is 1. The van der Waals surface area contributed by atoms with Crippen LogP contribution in [0.5, 0.6) is 0 Å². The van der Waals surface area contributed by atoms with Crippen molar-refractivity contribution in [3.05, 3.63) is 0 Å². The summed E-state index contributed by atoms with van der Waals surface area (Å²) in [5.74, 6) is 1.57. The Balaban J connectivity index is 2.17. The molecule has 0 aromatic rings. The molecule has 1 aliphatic carbocycles. The van der Waals surface area contributed by atoms with Crippen LogP contribution in [0, 0.1) is 11.8 Å². The summed E-state index contributed by atoms with van der Waals surface area (Å²) < 4.78 is 0. The topological polar surface area (TPSA) is 38.0 Å². The van der Waals surface area contributed by atoms with Gasteiger partial charge in [0.05, 0.1) is 0 Å². The lowest BCUT2D eigenvalue weighted by Crippen LogP contribution is -2.14. The van der Waals surface area contributed by atoms with Gasteiger partial charge in [-0.15, -0.1) is 0 Å². The van der Waals surface area contributed by atoms with Gasteiger partial charge in [0, 0.05) is 6.04 Å². The maximum atomic E-state index is 5.77. The summed E-state index contributed by atoms with van der Waals surface area (Å²) in [4.78, 5) is 0. The van der Waals surface area contributed by atoms with E-state index in [-0.39, 0.29) is 0 Å². The molecule has 0 aromatic heterocycles. The molecule has 54 valence electrons. The predicted molar refractivity (Wildman–Crippen MR) is 39.2 cm³/mol. The average Bonchev–Trinajstić information content (AvgIpc) is 2.44. The third-order valence-corrected chi connectivity index (χ3v) is 2.31. The summed E-state index contributed by atoms with van der Waals surface area (Å²) in [6.07, 6.45) is 1.24. The van der Waals surface area contributed by atoms with Crippen molar-refractivity contribution < 1.29 is 0 Å². The van der Waals surface area contributed by atoms with Crippen molar-refractivity contribution in [3.8, 4) is 0 Å². The number of hydrogen-bond donors (Lipinski definition) is 2. The minimum atomic E-state index is 0.488. The summed E-state index contributed by atoms with van der Waals surface area (Å²) >= 11 is 0. The molecule has 0 heterocycles. The fourth-order valence-electron chi connectivity index (χ4n) is 1.57. The molecule has 0 radical (unpaired) electrons. The van der Waals surface area contributed by atoms with Gasteiger partial charge >= 0.3 is 0 Å². The molecule has 1 saturated carbocycles. The van der Waals surface area contributed by atoms with E-state index in [0.29, 0.717) is 6.04 Å². The molecular formula is C7H16N2. The fourth-order valence-corrected chi connectivity index (χ4v) is 1.57. The van der Waals surface area contributed by atoms with Crippen LogP contribution >= 0.6 is 0 Å². The van der Waals surface area contributed by atoms with Crippen LogP contribution in [-0.4, -0.2) is 19.6 Å². The minimum absolute atomic E-state index is 0.488. The van der Waals surface area contributed by atoms with Crippen LogP contribution in [0.15, 0.2) is 0 Å². The van der Waals surface area contributed by atoms with Crippen molar-refractivity contribution >= 4 is 0 Å². The second-order valence-corrected chi connectivity index (χ2v) is 2.87. The smallest absolute Gasteiger partial charge is 0.0115 e. The molecule has 3 atom stereocenters. The normalized spacial score (nSPS) is 41.0. The number of rotatable bonds is 3. The molecule has 1 aliphatic rings. The third kappa shape index (κ3) is 1.25. The van der Waals surface area contributed by atoms with Gasteiger partial charge in [-0.3, -0.25) is 0 Å². The zero-order chi connectivity index (χ0) is 6.85. The van der Waals surface area contributed by atoms with Gasteiger partial charge in [-0.05, 0) is 25.4 Å². The molecule has 0 saturated heterocycles. The summed E-state index contributed by atoms with van der Waals surface area (Å²) in [6.45, 7) is 3.31. The van der Waals surface area contributed by atoms with Crippen LogP contribution in [0.2, 0.25) is 0 Å². The van der Waals surface area contributed by atoms with Crippen molar-refractivity contribution in [3.63, 3.8) is 0 Å². The number of nitrogens with one attached hydrogen (secondary N) is 1. The highest BCUT2D eigenvalue weighted by molar-refractivity contribution is 5.00. The zero-order valence-electron chi connectivity index (χ0n) is 6.22. The van der Waals surface area contributed by atoms with Gasteiger partial charge < -0.3 is 11.1 Å². The van der Waals surface area contributed by atoms with E-state index in [1.807, 2.05) is 7.05 Å². The van der Waals surface area contributed by atoms with Crippen LogP contribution in [0.1, 0.15) is 13.3 Å². The monoisotopic (exact) mass is 128 g/mol. The van der Waals surface area contributed by atoms with Crippen LogP contribution in [0.3, 0.4) is 0 Å². The van der Waals surface area contributed by atoms with Crippen LogP contribution in [-0.2, 0) is 0 Å². The van der Waals surface area contributed by atoms with Crippen LogP contribution < -0.4 is 11.1 Å². The molecule has 1 rings (SSSR count). The lowest BCUT2D eigenvalue weighted by molar-refractivity contribution is 0.634. The molecule has 0 aliphatic heterocycles. The lowest BCUT2D eigenvalue weighted by Gasteiger charge is -1.92. The molecule has 0 amide bonds. The standard InChI is InChI=1S/C7H16N2/c1-3-5-6(4-9-2)7(5)8/h5-7,9H,3-4,8H2,1-2H3. The molecule has 2 heteroatoms. The van der Waals surface area contributed by atoms with Crippen molar-refractivity contribution in [2.75, 3.05) is 13.6 Å². The summed E-state index contributed by atoms with van der Waals surface area (Å²) in [5, 5.41) is 3.14. The third-order valence-electron chi connectivity index (χ3n) is 2.31. The Kier molecular flexibility index (Phi) is 2.09. The van der Waals surface area contributed by atoms with E-state index in [1.54, 1.807) is 0 Å². The lowest BCUT2D eigenvalue weighted by atomic mass is 10.2. The van der Waals surface area contributed by atoms with Gasteiger partial charge in [-0.1, -0.05) is 13.3 Å². The van der Waals surface area contributed by atoms with E-state index < -0.39 is 0 Å². The number of hydrogen-bond acceptors (Lipinski definition) is 2. The van der Waals surface area contributed by atoms with Gasteiger partial charge in [0.2, 0.25) is 0 Å². The van der Waals surface area contributed by atoms with Gasteiger partial charge in [0.1, 0.15) is 0 Å². The molecule has 3 unspecified atom stereocenters. The Morgan fingerprint density at radius 3 is 2.44 bits per heavy atom. The highest BCUT2D eigenvalue weighted by atomic mass is 14.9. The quantitative estimate of drug-likeness (QED) is 0.569. The minimum Gasteiger partial charge on any atom is -0.327 e. The highest BCUT2D eigenvalue weighted by Gasteiger charge is 2.44. The van der Waals surface area contributed by atoms with Crippen LogP contribution in [0.4, 0.5) is 0 Å². The largest absolute Gasteiger partial charge is 0.327 e. The maximum Gasteiger partial charge on any atom is 0.0115 e. The first kappa shape index (κ1) is 7.03. The second-order valence-electron chi connectivity index (χ2n) is 2.87. The fraction of sp³-hybridized carbons (Fsp3) is 1.00. The first-order chi connectivity index (χ1) is 4.31. The molecule has 0 spiro atoms. The van der Waals surface area contributed by atoms with E-state index in [9.17, 15) is 0 Å². The molecule has 9 heavy (non-hydrogen) atoms. The Hall–Kier alpha value is -0.0800. The Bertz CT molecular complexity index is 92.9. The van der Waals surface area contributed by atoms with Crippen molar-refractivity contribution in [1.82, 2.24) is 5.32 Å². The molecular weight excluding hydrogens is 112 g/mol. The first-order valence-electron chi connectivity index (χ1n) is 3.71. The van der Waals surface area contributed by atoms with Crippen molar-refractivity contribution in [2.24, 2.45) is 17.6 Å². The zero-order valence-corrected chi connectivity index (χ0v) is 6.22. The highest BCUT2D eigenvalue weighted by Crippen LogP contribution is 2.38. The van der Waals surface area contributed by atoms with Crippen LogP contribution in [0.25, 0.3) is 0 Å². The molecule has 2 nitrogen and oxygen atoms in total. The SMILES string of the molecule is CCC1C(N)C1CNC. The summed E-state index contributed by atoms with van der Waals surface area (Å²) in [7, 11) is 1.98. The maximum absolute atomic E-state index is 5.77. The van der Waals surface area contributed by atoms with E-state index in [4.69, 9.17) is 5.73 Å². The van der Waals surface area contributed by atoms with E-state index in [1.165, 1.54) is 6.42 Å². The van der Waals surface area contributed by atoms with Gasteiger partial charge in [-0.2, -0.15) is 0 Å². The van der Waals surface area contributed by atoms with Crippen molar-refractivity contribution in [2.45, 2.75) is 19.4 Å². The van der Waals surface area contributed by atoms with E-state index in [0.717, 1.165) is 18.4 Å². The summed E-state index contributed by atoms with van der Waals surface area (Å²) in [6, 6.07) is 0.488. The molecule has 1 fully saturated rings. The molecule has 0 aromatic carbocycles. The predicted octanol–water partition coefficient (Wildman–Crippen LogP) is 0.189. The van der Waals surface area contributed by atoms with Gasteiger partial charge in [-0.25, -0.2) is 0 Å². The average molecular weight is 128 g/mol. The Morgan fingerprint density at radius 2 is 2.11 bits per heavy atom. The van der Waals surface area contributed by atoms with Gasteiger partial charge in [0.25, 0.3) is 0 Å². The molecule has 3 N–H and O–H groups in total. The Morgan fingerprint density at radius 1 is 1.44 bits per heavy atom. The second kappa shape index (κ2) is 2.67. The van der Waals surface area contributed by atoms with Gasteiger partial charge in [0.15, 0.2) is 0 Å². The van der Waals surface area contributed by atoms with E-state index >= 15 is 0 Å². The summed E-state index contributed by atoms with van der Waals surface area (Å²) in [5.41, 5.74) is 5.77.